The zero-order valence-electron chi connectivity index (χ0n) is 10.3. The lowest BCUT2D eigenvalue weighted by Gasteiger charge is -2.15. The third-order valence-electron chi connectivity index (χ3n) is 2.50. The Kier molecular flexibility index (Phi) is 5.15. The summed E-state index contributed by atoms with van der Waals surface area (Å²) >= 11 is 2.88. The van der Waals surface area contributed by atoms with Crippen molar-refractivity contribution in [1.82, 2.24) is 5.32 Å². The third-order valence-corrected chi connectivity index (χ3v) is 3.49. The number of rotatable bonds is 4. The van der Waals surface area contributed by atoms with Crippen LogP contribution < -0.4 is 11.1 Å². The molecule has 0 fully saturated rings. The second kappa shape index (κ2) is 6.25. The number of amides is 1. The van der Waals surface area contributed by atoms with Gasteiger partial charge < -0.3 is 11.1 Å². The monoisotopic (exact) mass is 354 g/mol. The van der Waals surface area contributed by atoms with Gasteiger partial charge in [-0.3, -0.25) is 4.79 Å². The molecule has 0 bridgehead atoms. The molecular weight excluding hydrogens is 344 g/mol. The second-order valence-corrected chi connectivity index (χ2v) is 4.71. The van der Waals surface area contributed by atoms with Gasteiger partial charge in [-0.1, -0.05) is 6.07 Å². The molecule has 0 saturated heterocycles. The van der Waals surface area contributed by atoms with Gasteiger partial charge in [0.2, 0.25) is 0 Å². The number of primary amides is 1. The van der Waals surface area contributed by atoms with Crippen molar-refractivity contribution in [3.05, 3.63) is 45.3 Å². The van der Waals surface area contributed by atoms with Crippen LogP contribution in [0.5, 0.6) is 0 Å². The van der Waals surface area contributed by atoms with Crippen molar-refractivity contribution in [3.63, 3.8) is 0 Å². The molecule has 8 heteroatoms. The summed E-state index contributed by atoms with van der Waals surface area (Å²) in [5.74, 6) is -1.75. The first-order valence-electron chi connectivity index (χ1n) is 5.39. The Morgan fingerprint density at radius 1 is 1.40 bits per heavy atom. The Morgan fingerprint density at radius 3 is 2.50 bits per heavy atom. The lowest BCUT2D eigenvalue weighted by molar-refractivity contribution is -0.138. The van der Waals surface area contributed by atoms with Gasteiger partial charge in [-0.05, 0) is 35.0 Å². The molecule has 0 spiro atoms. The molecule has 1 amide bonds. The highest BCUT2D eigenvalue weighted by molar-refractivity contribution is 9.12. The molecule has 1 aromatic rings. The van der Waals surface area contributed by atoms with Crippen molar-refractivity contribution in [2.75, 3.05) is 0 Å². The molecule has 0 radical (unpaired) electrons. The van der Waals surface area contributed by atoms with Crippen molar-refractivity contribution in [2.45, 2.75) is 19.6 Å². The molecular formula is C12H11BrF4N2O. The molecule has 110 valence electrons. The molecule has 0 heterocycles. The maximum Gasteiger partial charge on any atom is 0.416 e. The van der Waals surface area contributed by atoms with E-state index in [1.807, 2.05) is 0 Å². The number of carbonyl (C=O) groups excluding carboxylic acids is 1. The summed E-state index contributed by atoms with van der Waals surface area (Å²) in [5, 5.41) is 2.53. The van der Waals surface area contributed by atoms with E-state index < -0.39 is 35.6 Å². The number of carbonyl (C=O) groups is 1. The molecule has 3 N–H and O–H groups in total. The largest absolute Gasteiger partial charge is 0.416 e. The van der Waals surface area contributed by atoms with Crippen molar-refractivity contribution in [3.8, 4) is 0 Å². The number of hydrogen-bond donors (Lipinski definition) is 2. The summed E-state index contributed by atoms with van der Waals surface area (Å²) in [4.78, 5) is 10.9. The summed E-state index contributed by atoms with van der Waals surface area (Å²) in [6, 6.07) is 2.72. The van der Waals surface area contributed by atoms with Gasteiger partial charge in [-0.2, -0.15) is 13.2 Å². The normalized spacial score (nSPS) is 12.9. The molecule has 0 aliphatic carbocycles. The zero-order valence-corrected chi connectivity index (χ0v) is 11.9. The van der Waals surface area contributed by atoms with Crippen LogP contribution in [0.25, 0.3) is 0 Å². The Hall–Kier alpha value is -1.57. The summed E-state index contributed by atoms with van der Waals surface area (Å²) in [7, 11) is 0. The molecule has 0 aliphatic heterocycles. The second-order valence-electron chi connectivity index (χ2n) is 3.92. The summed E-state index contributed by atoms with van der Waals surface area (Å²) < 4.78 is 51.8. The Labute approximate surface area is 121 Å². The lowest BCUT2D eigenvalue weighted by Crippen LogP contribution is -2.21. The fraction of sp³-hybridized carbons (Fsp3) is 0.250. The molecule has 0 atom stereocenters. The van der Waals surface area contributed by atoms with Gasteiger partial charge in [0.15, 0.2) is 0 Å². The zero-order chi connectivity index (χ0) is 15.5. The van der Waals surface area contributed by atoms with Gasteiger partial charge in [0.25, 0.3) is 5.91 Å². The van der Waals surface area contributed by atoms with Crippen LogP contribution in [0, 0.1) is 5.82 Å². The van der Waals surface area contributed by atoms with Crippen molar-refractivity contribution < 1.29 is 22.4 Å². The van der Waals surface area contributed by atoms with E-state index in [2.05, 4.69) is 21.2 Å². The minimum atomic E-state index is -4.66. The predicted molar refractivity (Wildman–Crippen MR) is 69.1 cm³/mol. The SMILES string of the molecule is C/C(NCc1c(F)cccc1C(F)(F)F)=C(\Br)C(N)=O. The van der Waals surface area contributed by atoms with Crippen LogP contribution in [-0.2, 0) is 17.5 Å². The van der Waals surface area contributed by atoms with Crippen LogP contribution in [0.4, 0.5) is 17.6 Å². The Morgan fingerprint density at radius 2 is 2.00 bits per heavy atom. The number of halogens is 5. The highest BCUT2D eigenvalue weighted by Crippen LogP contribution is 2.33. The third kappa shape index (κ3) is 3.96. The van der Waals surface area contributed by atoms with E-state index in [4.69, 9.17) is 5.73 Å². The standard InChI is InChI=1S/C12H11BrF4N2O/c1-6(10(13)11(18)20)19-5-7-8(12(15,16)17)3-2-4-9(7)14/h2-4,19H,5H2,1H3,(H2,18,20)/b10-6+. The maximum atomic E-state index is 13.5. The Balaban J connectivity index is 3.05. The fourth-order valence-electron chi connectivity index (χ4n) is 1.49. The number of benzene rings is 1. The van der Waals surface area contributed by atoms with Crippen LogP contribution in [0.2, 0.25) is 0 Å². The molecule has 0 unspecified atom stereocenters. The lowest BCUT2D eigenvalue weighted by atomic mass is 10.1. The van der Waals surface area contributed by atoms with Gasteiger partial charge in [0, 0.05) is 17.8 Å². The average Bonchev–Trinajstić information content (AvgIpc) is 2.34. The topological polar surface area (TPSA) is 55.1 Å². The van der Waals surface area contributed by atoms with E-state index in [9.17, 15) is 22.4 Å². The average molecular weight is 355 g/mol. The van der Waals surface area contributed by atoms with Crippen LogP contribution >= 0.6 is 15.9 Å². The van der Waals surface area contributed by atoms with Crippen molar-refractivity contribution >= 4 is 21.8 Å². The first kappa shape index (κ1) is 16.5. The van der Waals surface area contributed by atoms with E-state index in [0.717, 1.165) is 18.2 Å². The van der Waals surface area contributed by atoms with Crippen LogP contribution in [0.1, 0.15) is 18.1 Å². The summed E-state index contributed by atoms with van der Waals surface area (Å²) in [6.45, 7) is 1.01. The minimum Gasteiger partial charge on any atom is -0.383 e. The van der Waals surface area contributed by atoms with Crippen molar-refractivity contribution in [1.29, 1.82) is 0 Å². The van der Waals surface area contributed by atoms with E-state index in [1.54, 1.807) is 0 Å². The maximum absolute atomic E-state index is 13.5. The molecule has 0 aliphatic rings. The number of alkyl halides is 3. The minimum absolute atomic E-state index is 0.0117. The molecule has 3 nitrogen and oxygen atoms in total. The first-order chi connectivity index (χ1) is 9.14. The predicted octanol–water partition coefficient (Wildman–Crippen LogP) is 3.05. The van der Waals surface area contributed by atoms with Crippen molar-refractivity contribution in [2.24, 2.45) is 5.73 Å². The van der Waals surface area contributed by atoms with Crippen LogP contribution in [0.15, 0.2) is 28.4 Å². The van der Waals surface area contributed by atoms with Gasteiger partial charge in [-0.25, -0.2) is 4.39 Å². The number of nitrogens with two attached hydrogens (primary N) is 1. The number of allylic oxidation sites excluding steroid dienone is 1. The van der Waals surface area contributed by atoms with Crippen LogP contribution in [0.3, 0.4) is 0 Å². The van der Waals surface area contributed by atoms with Gasteiger partial charge >= 0.3 is 6.18 Å². The van der Waals surface area contributed by atoms with E-state index in [1.165, 1.54) is 6.92 Å². The van der Waals surface area contributed by atoms with Gasteiger partial charge in [-0.15, -0.1) is 0 Å². The van der Waals surface area contributed by atoms with E-state index >= 15 is 0 Å². The molecule has 0 saturated carbocycles. The highest BCUT2D eigenvalue weighted by atomic mass is 79.9. The number of nitrogens with one attached hydrogen (secondary N) is 1. The fourth-order valence-corrected chi connectivity index (χ4v) is 1.63. The van der Waals surface area contributed by atoms with E-state index in [-0.39, 0.29) is 10.2 Å². The molecule has 20 heavy (non-hydrogen) atoms. The Bertz CT molecular complexity index is 555. The smallest absolute Gasteiger partial charge is 0.383 e. The first-order valence-corrected chi connectivity index (χ1v) is 6.18. The van der Waals surface area contributed by atoms with Gasteiger partial charge in [0.05, 0.1) is 5.56 Å². The molecule has 1 aromatic carbocycles. The summed E-state index contributed by atoms with van der Waals surface area (Å²) in [6.07, 6.45) is -4.66. The van der Waals surface area contributed by atoms with Crippen LogP contribution in [-0.4, -0.2) is 5.91 Å². The number of hydrogen-bond acceptors (Lipinski definition) is 2. The summed E-state index contributed by atoms with van der Waals surface area (Å²) in [5.41, 5.74) is 3.63. The van der Waals surface area contributed by atoms with Gasteiger partial charge in [0.1, 0.15) is 10.3 Å². The molecule has 1 rings (SSSR count). The highest BCUT2D eigenvalue weighted by Gasteiger charge is 2.34. The quantitative estimate of drug-likeness (QED) is 0.644. The molecule has 0 aromatic heterocycles. The van der Waals surface area contributed by atoms with E-state index in [0.29, 0.717) is 0 Å².